The van der Waals surface area contributed by atoms with Crippen LogP contribution in [0.3, 0.4) is 0 Å². The van der Waals surface area contributed by atoms with Crippen LogP contribution in [-0.4, -0.2) is 24.3 Å². The Hall–Kier alpha value is -1.51. The van der Waals surface area contributed by atoms with E-state index in [9.17, 15) is 0 Å². The lowest BCUT2D eigenvalue weighted by Crippen LogP contribution is -2.33. The van der Waals surface area contributed by atoms with Crippen LogP contribution in [-0.2, 0) is 0 Å². The van der Waals surface area contributed by atoms with Gasteiger partial charge >= 0.3 is 0 Å². The SMILES string of the molecule is C=CC1=CN(/C(=N\NC)C(C)C)CC=C1. The maximum atomic E-state index is 4.30. The highest BCUT2D eigenvalue weighted by Gasteiger charge is 2.14. The third kappa shape index (κ3) is 2.98. The Kier molecular flexibility index (Phi) is 4.16. The van der Waals surface area contributed by atoms with E-state index in [1.54, 1.807) is 0 Å². The van der Waals surface area contributed by atoms with Gasteiger partial charge in [0.1, 0.15) is 5.84 Å². The van der Waals surface area contributed by atoms with E-state index in [0.717, 1.165) is 18.0 Å². The lowest BCUT2D eigenvalue weighted by Gasteiger charge is -2.26. The van der Waals surface area contributed by atoms with Crippen LogP contribution in [0.25, 0.3) is 0 Å². The molecule has 0 unspecified atom stereocenters. The lowest BCUT2D eigenvalue weighted by molar-refractivity contribution is 0.558. The van der Waals surface area contributed by atoms with Gasteiger partial charge in [-0.3, -0.25) is 0 Å². The Labute approximate surface area is 91.9 Å². The number of hydrogen-bond donors (Lipinski definition) is 1. The third-order valence-corrected chi connectivity index (χ3v) is 2.19. The fourth-order valence-corrected chi connectivity index (χ4v) is 1.50. The minimum atomic E-state index is 0.395. The van der Waals surface area contributed by atoms with Crippen LogP contribution >= 0.6 is 0 Å². The Morgan fingerprint density at radius 3 is 2.93 bits per heavy atom. The molecule has 82 valence electrons. The minimum Gasteiger partial charge on any atom is -0.330 e. The van der Waals surface area contributed by atoms with Crippen molar-refractivity contribution in [2.75, 3.05) is 13.6 Å². The van der Waals surface area contributed by atoms with Crippen molar-refractivity contribution in [3.8, 4) is 0 Å². The second-order valence-corrected chi connectivity index (χ2v) is 3.74. The molecule has 0 saturated heterocycles. The summed E-state index contributed by atoms with van der Waals surface area (Å²) in [5.74, 6) is 1.44. The minimum absolute atomic E-state index is 0.395. The maximum Gasteiger partial charge on any atom is 0.131 e. The van der Waals surface area contributed by atoms with Gasteiger partial charge in [-0.25, -0.2) is 0 Å². The summed E-state index contributed by atoms with van der Waals surface area (Å²) in [6.07, 6.45) is 8.11. The molecule has 3 heteroatoms. The van der Waals surface area contributed by atoms with Crippen molar-refractivity contribution in [2.24, 2.45) is 11.0 Å². The summed E-state index contributed by atoms with van der Waals surface area (Å²) < 4.78 is 0. The molecule has 15 heavy (non-hydrogen) atoms. The summed E-state index contributed by atoms with van der Waals surface area (Å²) in [5.41, 5.74) is 3.96. The summed E-state index contributed by atoms with van der Waals surface area (Å²) in [6, 6.07) is 0. The lowest BCUT2D eigenvalue weighted by atomic mass is 10.1. The predicted octanol–water partition coefficient (Wildman–Crippen LogP) is 2.12. The quantitative estimate of drug-likeness (QED) is 0.434. The van der Waals surface area contributed by atoms with Crippen LogP contribution in [0, 0.1) is 5.92 Å². The molecule has 0 atom stereocenters. The summed E-state index contributed by atoms with van der Waals surface area (Å²) in [5, 5.41) is 4.30. The first-order valence-corrected chi connectivity index (χ1v) is 5.20. The average Bonchev–Trinajstić information content (AvgIpc) is 2.25. The van der Waals surface area contributed by atoms with E-state index in [1.807, 2.05) is 13.1 Å². The fraction of sp³-hybridized carbons (Fsp3) is 0.417. The molecule has 0 fully saturated rings. The first kappa shape index (κ1) is 11.6. The zero-order chi connectivity index (χ0) is 11.3. The first-order chi connectivity index (χ1) is 7.19. The van der Waals surface area contributed by atoms with Crippen molar-refractivity contribution in [3.63, 3.8) is 0 Å². The Morgan fingerprint density at radius 2 is 2.40 bits per heavy atom. The van der Waals surface area contributed by atoms with Crippen molar-refractivity contribution < 1.29 is 0 Å². The van der Waals surface area contributed by atoms with Crippen LogP contribution < -0.4 is 5.43 Å². The molecule has 1 heterocycles. The Bertz CT molecular complexity index is 311. The summed E-state index contributed by atoms with van der Waals surface area (Å²) in [6.45, 7) is 8.91. The molecule has 3 nitrogen and oxygen atoms in total. The van der Waals surface area contributed by atoms with Gasteiger partial charge in [0, 0.05) is 25.7 Å². The van der Waals surface area contributed by atoms with Crippen molar-refractivity contribution in [3.05, 3.63) is 36.6 Å². The van der Waals surface area contributed by atoms with Gasteiger partial charge in [0.15, 0.2) is 0 Å². The highest BCUT2D eigenvalue weighted by molar-refractivity contribution is 5.85. The van der Waals surface area contributed by atoms with Crippen LogP contribution in [0.15, 0.2) is 41.7 Å². The van der Waals surface area contributed by atoms with Crippen molar-refractivity contribution in [1.29, 1.82) is 0 Å². The van der Waals surface area contributed by atoms with Gasteiger partial charge < -0.3 is 10.3 Å². The third-order valence-electron chi connectivity index (χ3n) is 2.19. The van der Waals surface area contributed by atoms with Crippen molar-refractivity contribution in [2.45, 2.75) is 13.8 Å². The smallest absolute Gasteiger partial charge is 0.131 e. The molecule has 0 aliphatic carbocycles. The van der Waals surface area contributed by atoms with E-state index in [0.29, 0.717) is 5.92 Å². The molecule has 0 aromatic heterocycles. The van der Waals surface area contributed by atoms with Gasteiger partial charge in [0.05, 0.1) is 0 Å². The number of nitrogens with one attached hydrogen (secondary N) is 1. The second-order valence-electron chi connectivity index (χ2n) is 3.74. The van der Waals surface area contributed by atoms with Gasteiger partial charge in [-0.15, -0.1) is 0 Å². The maximum absolute atomic E-state index is 4.30. The van der Waals surface area contributed by atoms with Gasteiger partial charge in [-0.1, -0.05) is 38.7 Å². The van der Waals surface area contributed by atoms with E-state index < -0.39 is 0 Å². The molecule has 0 bridgehead atoms. The van der Waals surface area contributed by atoms with Gasteiger partial charge in [-0.2, -0.15) is 5.10 Å². The number of hydrazone groups is 1. The molecule has 0 aromatic carbocycles. The zero-order valence-corrected chi connectivity index (χ0v) is 9.70. The van der Waals surface area contributed by atoms with E-state index in [2.05, 4.69) is 54.2 Å². The predicted molar refractivity (Wildman–Crippen MR) is 65.5 cm³/mol. The van der Waals surface area contributed by atoms with Gasteiger partial charge in [0.25, 0.3) is 0 Å². The molecule has 0 saturated carbocycles. The number of amidine groups is 1. The number of allylic oxidation sites excluding steroid dienone is 3. The van der Waals surface area contributed by atoms with E-state index in [1.165, 1.54) is 0 Å². The summed E-state index contributed by atoms with van der Waals surface area (Å²) >= 11 is 0. The normalized spacial score (nSPS) is 16.7. The van der Waals surface area contributed by atoms with Crippen molar-refractivity contribution in [1.82, 2.24) is 10.3 Å². The largest absolute Gasteiger partial charge is 0.330 e. The number of nitrogens with zero attached hydrogens (tertiary/aromatic N) is 2. The molecule has 1 aliphatic heterocycles. The van der Waals surface area contributed by atoms with Crippen LogP contribution in [0.5, 0.6) is 0 Å². The van der Waals surface area contributed by atoms with Gasteiger partial charge in [-0.05, 0) is 5.57 Å². The molecule has 0 amide bonds. The monoisotopic (exact) mass is 205 g/mol. The molecule has 1 aliphatic rings. The van der Waals surface area contributed by atoms with Crippen LogP contribution in [0.4, 0.5) is 0 Å². The highest BCUT2D eigenvalue weighted by atomic mass is 15.3. The second kappa shape index (κ2) is 5.39. The van der Waals surface area contributed by atoms with Crippen LogP contribution in [0.2, 0.25) is 0 Å². The first-order valence-electron chi connectivity index (χ1n) is 5.20. The Morgan fingerprint density at radius 1 is 1.67 bits per heavy atom. The summed E-state index contributed by atoms with van der Waals surface area (Å²) in [7, 11) is 1.82. The fourth-order valence-electron chi connectivity index (χ4n) is 1.50. The van der Waals surface area contributed by atoms with Crippen molar-refractivity contribution >= 4 is 5.84 Å². The molecule has 0 spiro atoms. The van der Waals surface area contributed by atoms with Gasteiger partial charge in [0.2, 0.25) is 0 Å². The topological polar surface area (TPSA) is 27.6 Å². The highest BCUT2D eigenvalue weighted by Crippen LogP contribution is 2.12. The average molecular weight is 205 g/mol. The van der Waals surface area contributed by atoms with E-state index >= 15 is 0 Å². The van der Waals surface area contributed by atoms with E-state index in [4.69, 9.17) is 0 Å². The molecular weight excluding hydrogens is 186 g/mol. The zero-order valence-electron chi connectivity index (χ0n) is 9.70. The Balaban J connectivity index is 2.87. The number of rotatable bonds is 3. The molecule has 0 radical (unpaired) electrons. The molecule has 1 N–H and O–H groups in total. The summed E-state index contributed by atoms with van der Waals surface area (Å²) in [4.78, 5) is 2.14. The van der Waals surface area contributed by atoms with Crippen LogP contribution in [0.1, 0.15) is 13.8 Å². The number of hydrogen-bond acceptors (Lipinski definition) is 2. The molecular formula is C12H19N3. The molecule has 1 rings (SSSR count). The van der Waals surface area contributed by atoms with E-state index in [-0.39, 0.29) is 0 Å². The standard InChI is InChI=1S/C12H19N3/c1-5-11-7-6-8-15(9-11)12(10(2)3)14-13-4/h5-7,9-10,13H,1,8H2,2-4H3/b14-12-. The molecule has 0 aromatic rings.